The Balaban J connectivity index is 5.33. The summed E-state index contributed by atoms with van der Waals surface area (Å²) in [7, 11) is -10.1. The molecule has 0 fully saturated rings. The van der Waals surface area contributed by atoms with Crippen molar-refractivity contribution in [3.05, 3.63) is 0 Å². The molecule has 0 rings (SSSR count). The van der Waals surface area contributed by atoms with Gasteiger partial charge in [0.2, 0.25) is 0 Å². The maximum Gasteiger partial charge on any atom is 0.355 e. The highest BCUT2D eigenvalue weighted by molar-refractivity contribution is 8.94. The van der Waals surface area contributed by atoms with E-state index in [1.165, 1.54) is 64.2 Å². The van der Waals surface area contributed by atoms with Crippen LogP contribution in [0.25, 0.3) is 0 Å². The Hall–Kier alpha value is -0.800. The van der Waals surface area contributed by atoms with Crippen molar-refractivity contribution in [3.8, 4) is 0 Å². The minimum absolute atomic E-state index is 0.0623. The van der Waals surface area contributed by atoms with E-state index in [4.69, 9.17) is 8.37 Å². The fraction of sp³-hybridized carbons (Fsp3) is 0.933. The van der Waals surface area contributed by atoms with Crippen molar-refractivity contribution < 1.29 is 30.9 Å². The maximum absolute atomic E-state index is 13.1. The average Bonchev–Trinajstić information content (AvgIpc) is 2.90. The molecule has 7 nitrogen and oxygen atoms in total. The predicted octanol–water partition coefficient (Wildman–Crippen LogP) is 9.44. The molecule has 0 aliphatic carbocycles. The number of thiol groups is 1. The third-order valence-corrected chi connectivity index (χ3v) is 16.8. The van der Waals surface area contributed by atoms with E-state index < -0.39 is 29.8 Å². The van der Waals surface area contributed by atoms with Gasteiger partial charge in [-0.05, 0) is 12.8 Å². The largest absolute Gasteiger partial charge is 0.363 e. The molecule has 0 saturated heterocycles. The third kappa shape index (κ3) is 15.1. The number of carbonyl (C=O) groups excluding carboxylic acids is 2. The van der Waals surface area contributed by atoms with Crippen LogP contribution in [0.5, 0.6) is 0 Å². The fourth-order valence-corrected chi connectivity index (χ4v) is 12.4. The van der Waals surface area contributed by atoms with Crippen LogP contribution in [-0.2, 0) is 27.1 Å². The summed E-state index contributed by atoms with van der Waals surface area (Å²) >= 11 is 0. The Kier molecular flexibility index (Phi) is 21.4. The van der Waals surface area contributed by atoms with Crippen LogP contribution in [0, 0.1) is 0 Å². The number of carbonyl (C=O) groups is 2. The van der Waals surface area contributed by atoms with E-state index in [9.17, 15) is 22.6 Å². The molecule has 0 radical (unpaired) electrons. The van der Waals surface area contributed by atoms with Crippen molar-refractivity contribution in [2.45, 2.75) is 169 Å². The molecular weight excluding hydrogens is 536 g/mol. The molecular formula is C30H62O7S2. The van der Waals surface area contributed by atoms with Crippen LogP contribution in [0.4, 0.5) is 0 Å². The summed E-state index contributed by atoms with van der Waals surface area (Å²) in [4.78, 5) is 25.1. The summed E-state index contributed by atoms with van der Waals surface area (Å²) in [5.41, 5.74) is 0. The highest BCUT2D eigenvalue weighted by atomic mass is 33.2. The van der Waals surface area contributed by atoms with Gasteiger partial charge >= 0.3 is 21.1 Å². The van der Waals surface area contributed by atoms with E-state index in [0.29, 0.717) is 12.8 Å². The minimum Gasteiger partial charge on any atom is -0.363 e. The lowest BCUT2D eigenvalue weighted by Gasteiger charge is -2.62. The summed E-state index contributed by atoms with van der Waals surface area (Å²) < 4.78 is 48.2. The molecule has 0 saturated carbocycles. The lowest BCUT2D eigenvalue weighted by molar-refractivity contribution is -0.137. The van der Waals surface area contributed by atoms with Crippen molar-refractivity contribution in [3.63, 3.8) is 0 Å². The molecule has 0 unspecified atom stereocenters. The van der Waals surface area contributed by atoms with Gasteiger partial charge in [-0.1, -0.05) is 143 Å². The highest BCUT2D eigenvalue weighted by Crippen LogP contribution is 2.76. The molecule has 0 aromatic rings. The number of hydrogen-bond donors (Lipinski definition) is 2. The Morgan fingerprint density at radius 1 is 0.513 bits per heavy atom. The Morgan fingerprint density at radius 2 is 0.769 bits per heavy atom. The second-order valence-electron chi connectivity index (χ2n) is 11.1. The highest BCUT2D eigenvalue weighted by Gasteiger charge is 2.50. The van der Waals surface area contributed by atoms with Gasteiger partial charge in [0.1, 0.15) is 0 Å². The molecule has 0 aromatic carbocycles. The SMILES string of the molecule is CCCCCCCCCCCC[SH](CCCCCCCCCCCC)(OC(=O)CC)(OC(=O)CC)S(=O)(=O)O. The molecule has 0 bridgehead atoms. The Labute approximate surface area is 240 Å². The topological polar surface area (TPSA) is 107 Å². The van der Waals surface area contributed by atoms with E-state index in [2.05, 4.69) is 13.8 Å². The van der Waals surface area contributed by atoms with Crippen LogP contribution in [0.2, 0.25) is 0 Å². The summed E-state index contributed by atoms with van der Waals surface area (Å²) in [6.45, 7) is 7.55. The van der Waals surface area contributed by atoms with E-state index >= 15 is 0 Å². The Bertz CT molecular complexity index is 706. The standard InChI is InChI=1S/C30H62O7S2/c1-5-9-11-13-15-17-19-21-23-25-27-39(38(33,34)35,36-29(31)7-3,37-30(32)8-4)28-26-24-22-20-18-16-14-12-10-6-2/h39H,5-28H2,1-4H3,(H,33,34,35). The quantitative estimate of drug-likeness (QED) is 0.0420. The van der Waals surface area contributed by atoms with Crippen molar-refractivity contribution in [1.82, 2.24) is 0 Å². The van der Waals surface area contributed by atoms with Gasteiger partial charge < -0.3 is 8.37 Å². The van der Waals surface area contributed by atoms with Gasteiger partial charge in [0, 0.05) is 24.3 Å². The van der Waals surface area contributed by atoms with Gasteiger partial charge in [-0.15, -0.1) is 0 Å². The van der Waals surface area contributed by atoms with Crippen LogP contribution in [0.1, 0.15) is 169 Å². The number of unbranched alkanes of at least 4 members (excludes halogenated alkanes) is 18. The van der Waals surface area contributed by atoms with Gasteiger partial charge in [0.25, 0.3) is 0 Å². The van der Waals surface area contributed by atoms with E-state index in [0.717, 1.165) is 51.4 Å². The van der Waals surface area contributed by atoms with Crippen LogP contribution >= 0.6 is 8.75 Å². The first-order chi connectivity index (χ1) is 18.6. The molecule has 0 amide bonds. The molecule has 0 aliphatic heterocycles. The second kappa shape index (κ2) is 21.9. The third-order valence-electron chi connectivity index (χ3n) is 7.59. The minimum atomic E-state index is -5.08. The van der Waals surface area contributed by atoms with Crippen molar-refractivity contribution in [2.75, 3.05) is 11.5 Å². The first-order valence-electron chi connectivity index (χ1n) is 16.0. The van der Waals surface area contributed by atoms with Crippen LogP contribution in [-0.4, -0.2) is 36.4 Å². The molecule has 236 valence electrons. The molecule has 0 atom stereocenters. The zero-order valence-electron chi connectivity index (χ0n) is 25.7. The van der Waals surface area contributed by atoms with Crippen molar-refractivity contribution in [1.29, 1.82) is 0 Å². The van der Waals surface area contributed by atoms with Gasteiger partial charge in [-0.3, -0.25) is 14.1 Å². The molecule has 0 aromatic heterocycles. The van der Waals surface area contributed by atoms with E-state index in [-0.39, 0.29) is 24.3 Å². The van der Waals surface area contributed by atoms with Crippen LogP contribution in [0.15, 0.2) is 0 Å². The smallest absolute Gasteiger partial charge is 0.355 e. The summed E-state index contributed by atoms with van der Waals surface area (Å²) in [6, 6.07) is 0. The number of hydrogen-bond acceptors (Lipinski definition) is 6. The summed E-state index contributed by atoms with van der Waals surface area (Å²) in [5.74, 6) is -1.77. The maximum atomic E-state index is 13.1. The zero-order chi connectivity index (χ0) is 29.5. The van der Waals surface area contributed by atoms with Crippen LogP contribution in [0.3, 0.4) is 0 Å². The van der Waals surface area contributed by atoms with E-state index in [1.54, 1.807) is 13.8 Å². The first-order valence-corrected chi connectivity index (χ1v) is 20.5. The van der Waals surface area contributed by atoms with Gasteiger partial charge in [0.15, 0.2) is 0 Å². The van der Waals surface area contributed by atoms with Gasteiger partial charge in [-0.25, -0.2) is 0 Å². The second-order valence-corrected chi connectivity index (χ2v) is 19.5. The summed E-state index contributed by atoms with van der Waals surface area (Å²) in [6.07, 6.45) is 20.8. The lowest BCUT2D eigenvalue weighted by Crippen LogP contribution is -2.41. The zero-order valence-corrected chi connectivity index (χ0v) is 27.4. The average molecular weight is 599 g/mol. The normalized spacial score (nSPS) is 13.1. The molecule has 0 heterocycles. The Morgan fingerprint density at radius 3 is 1.00 bits per heavy atom. The lowest BCUT2D eigenvalue weighted by atomic mass is 10.1. The number of rotatable bonds is 27. The van der Waals surface area contributed by atoms with Crippen LogP contribution < -0.4 is 0 Å². The monoisotopic (exact) mass is 598 g/mol. The molecule has 0 aliphatic rings. The molecule has 0 spiro atoms. The first kappa shape index (κ1) is 38.2. The molecule has 39 heavy (non-hydrogen) atoms. The molecule has 9 heteroatoms. The summed E-state index contributed by atoms with van der Waals surface area (Å²) in [5, 5.41) is 0. The van der Waals surface area contributed by atoms with Gasteiger partial charge in [-0.2, -0.15) is 17.2 Å². The van der Waals surface area contributed by atoms with Gasteiger partial charge in [0.05, 0.1) is 0 Å². The van der Waals surface area contributed by atoms with Crippen molar-refractivity contribution in [2.24, 2.45) is 0 Å². The molecule has 1 N–H and O–H groups in total. The van der Waals surface area contributed by atoms with E-state index in [1.807, 2.05) is 0 Å². The fourth-order valence-electron chi connectivity index (χ4n) is 5.03. The van der Waals surface area contributed by atoms with Crippen molar-refractivity contribution >= 4 is 29.8 Å². The predicted molar refractivity (Wildman–Crippen MR) is 167 cm³/mol.